The van der Waals surface area contributed by atoms with Gasteiger partial charge in [0.1, 0.15) is 0 Å². The standard InChI is InChI=1S/C9H20N2/c1-7-4-2-3-5-8(7)9(11)6-10/h7-9H,2-6,10-11H2,1H3. The molecule has 0 radical (unpaired) electrons. The maximum absolute atomic E-state index is 5.91. The second kappa shape index (κ2) is 4.07. The zero-order chi connectivity index (χ0) is 8.27. The van der Waals surface area contributed by atoms with Gasteiger partial charge in [-0.2, -0.15) is 0 Å². The summed E-state index contributed by atoms with van der Waals surface area (Å²) in [5.41, 5.74) is 11.5. The Kier molecular flexibility index (Phi) is 3.34. The molecule has 0 bridgehead atoms. The quantitative estimate of drug-likeness (QED) is 0.629. The molecule has 1 aliphatic carbocycles. The lowest BCUT2D eigenvalue weighted by Gasteiger charge is -2.32. The van der Waals surface area contributed by atoms with Gasteiger partial charge in [0.05, 0.1) is 0 Å². The van der Waals surface area contributed by atoms with Crippen molar-refractivity contribution in [1.82, 2.24) is 0 Å². The second-order valence-corrected chi connectivity index (χ2v) is 3.83. The van der Waals surface area contributed by atoms with Gasteiger partial charge < -0.3 is 11.5 Å². The molecule has 1 aliphatic rings. The molecule has 0 heterocycles. The minimum atomic E-state index is 0.241. The minimum absolute atomic E-state index is 0.241. The van der Waals surface area contributed by atoms with Crippen molar-refractivity contribution in [1.29, 1.82) is 0 Å². The van der Waals surface area contributed by atoms with E-state index in [-0.39, 0.29) is 6.04 Å². The summed E-state index contributed by atoms with van der Waals surface area (Å²) in [6, 6.07) is 0.241. The van der Waals surface area contributed by atoms with Gasteiger partial charge in [0, 0.05) is 12.6 Å². The SMILES string of the molecule is CC1CCCCC1C(N)CN. The predicted molar refractivity (Wildman–Crippen MR) is 48.2 cm³/mol. The van der Waals surface area contributed by atoms with Gasteiger partial charge in [-0.15, -0.1) is 0 Å². The number of nitrogens with two attached hydrogens (primary N) is 2. The smallest absolute Gasteiger partial charge is 0.0194 e. The summed E-state index contributed by atoms with van der Waals surface area (Å²) in [7, 11) is 0. The van der Waals surface area contributed by atoms with Crippen LogP contribution in [-0.4, -0.2) is 12.6 Å². The van der Waals surface area contributed by atoms with Crippen LogP contribution in [0.15, 0.2) is 0 Å². The van der Waals surface area contributed by atoms with E-state index in [2.05, 4.69) is 6.92 Å². The van der Waals surface area contributed by atoms with Crippen LogP contribution in [0.2, 0.25) is 0 Å². The first-order valence-corrected chi connectivity index (χ1v) is 4.71. The maximum atomic E-state index is 5.91. The molecule has 1 rings (SSSR count). The molecule has 4 N–H and O–H groups in total. The van der Waals surface area contributed by atoms with Gasteiger partial charge in [0.2, 0.25) is 0 Å². The Labute approximate surface area is 69.3 Å². The number of hydrogen-bond donors (Lipinski definition) is 2. The van der Waals surface area contributed by atoms with Crippen LogP contribution < -0.4 is 11.5 Å². The normalized spacial score (nSPS) is 35.2. The lowest BCUT2D eigenvalue weighted by molar-refractivity contribution is 0.220. The van der Waals surface area contributed by atoms with Crippen LogP contribution in [-0.2, 0) is 0 Å². The van der Waals surface area contributed by atoms with Crippen molar-refractivity contribution in [2.24, 2.45) is 23.3 Å². The van der Waals surface area contributed by atoms with E-state index >= 15 is 0 Å². The van der Waals surface area contributed by atoms with Crippen LogP contribution in [0.3, 0.4) is 0 Å². The zero-order valence-electron chi connectivity index (χ0n) is 7.42. The molecule has 0 spiro atoms. The first-order valence-electron chi connectivity index (χ1n) is 4.71. The maximum Gasteiger partial charge on any atom is 0.0194 e. The molecule has 3 atom stereocenters. The van der Waals surface area contributed by atoms with Crippen LogP contribution in [0.1, 0.15) is 32.6 Å². The van der Waals surface area contributed by atoms with Crippen LogP contribution >= 0.6 is 0 Å². The Bertz CT molecular complexity index is 110. The van der Waals surface area contributed by atoms with Gasteiger partial charge in [-0.05, 0) is 18.3 Å². The summed E-state index contributed by atoms with van der Waals surface area (Å²) in [5, 5.41) is 0. The van der Waals surface area contributed by atoms with Crippen molar-refractivity contribution in [2.45, 2.75) is 38.6 Å². The number of hydrogen-bond acceptors (Lipinski definition) is 2. The Morgan fingerprint density at radius 3 is 2.55 bits per heavy atom. The molecule has 0 amide bonds. The fourth-order valence-corrected chi connectivity index (χ4v) is 2.16. The summed E-state index contributed by atoms with van der Waals surface area (Å²) in [4.78, 5) is 0. The third-order valence-corrected chi connectivity index (χ3v) is 3.00. The Hall–Kier alpha value is -0.0800. The average Bonchev–Trinajstić information content (AvgIpc) is 2.04. The highest BCUT2D eigenvalue weighted by molar-refractivity contribution is 4.81. The van der Waals surface area contributed by atoms with Gasteiger partial charge in [0.25, 0.3) is 0 Å². The van der Waals surface area contributed by atoms with Gasteiger partial charge in [-0.3, -0.25) is 0 Å². The first-order chi connectivity index (χ1) is 5.25. The molecule has 2 nitrogen and oxygen atoms in total. The van der Waals surface area contributed by atoms with Crippen LogP contribution in [0.25, 0.3) is 0 Å². The topological polar surface area (TPSA) is 52.0 Å². The van der Waals surface area contributed by atoms with E-state index in [1.165, 1.54) is 25.7 Å². The molecule has 0 aromatic heterocycles. The van der Waals surface area contributed by atoms with Gasteiger partial charge >= 0.3 is 0 Å². The summed E-state index contributed by atoms with van der Waals surface area (Å²) in [5.74, 6) is 1.48. The van der Waals surface area contributed by atoms with Gasteiger partial charge in [-0.1, -0.05) is 26.2 Å². The first kappa shape index (κ1) is 9.01. The molecule has 0 aromatic rings. The molecule has 0 saturated heterocycles. The van der Waals surface area contributed by atoms with Gasteiger partial charge in [0.15, 0.2) is 0 Å². The Morgan fingerprint density at radius 2 is 2.00 bits per heavy atom. The van der Waals surface area contributed by atoms with Crippen molar-refractivity contribution >= 4 is 0 Å². The van der Waals surface area contributed by atoms with E-state index in [9.17, 15) is 0 Å². The molecular formula is C9H20N2. The fraction of sp³-hybridized carbons (Fsp3) is 1.00. The third-order valence-electron chi connectivity index (χ3n) is 3.00. The van der Waals surface area contributed by atoms with Crippen LogP contribution in [0.5, 0.6) is 0 Å². The van der Waals surface area contributed by atoms with E-state index < -0.39 is 0 Å². The molecule has 11 heavy (non-hydrogen) atoms. The number of rotatable bonds is 2. The largest absolute Gasteiger partial charge is 0.329 e. The lowest BCUT2D eigenvalue weighted by atomic mass is 9.76. The molecule has 0 aromatic carbocycles. The van der Waals surface area contributed by atoms with E-state index in [1.807, 2.05) is 0 Å². The summed E-state index contributed by atoms with van der Waals surface area (Å²) in [6.45, 7) is 2.95. The van der Waals surface area contributed by atoms with E-state index in [1.54, 1.807) is 0 Å². The Morgan fingerprint density at radius 1 is 1.36 bits per heavy atom. The summed E-state index contributed by atoms with van der Waals surface area (Å²) < 4.78 is 0. The fourth-order valence-electron chi connectivity index (χ4n) is 2.16. The second-order valence-electron chi connectivity index (χ2n) is 3.83. The van der Waals surface area contributed by atoms with Crippen molar-refractivity contribution in [3.8, 4) is 0 Å². The van der Waals surface area contributed by atoms with E-state index in [0.29, 0.717) is 12.5 Å². The van der Waals surface area contributed by atoms with Crippen molar-refractivity contribution in [3.05, 3.63) is 0 Å². The predicted octanol–water partition coefficient (Wildman–Crippen LogP) is 1.10. The summed E-state index contributed by atoms with van der Waals surface area (Å²) in [6.07, 6.45) is 5.37. The molecule has 0 aliphatic heterocycles. The van der Waals surface area contributed by atoms with E-state index in [4.69, 9.17) is 11.5 Å². The van der Waals surface area contributed by atoms with Crippen molar-refractivity contribution in [2.75, 3.05) is 6.54 Å². The minimum Gasteiger partial charge on any atom is -0.329 e. The molecular weight excluding hydrogens is 136 g/mol. The van der Waals surface area contributed by atoms with Crippen LogP contribution in [0, 0.1) is 11.8 Å². The van der Waals surface area contributed by atoms with Crippen molar-refractivity contribution in [3.63, 3.8) is 0 Å². The lowest BCUT2D eigenvalue weighted by Crippen LogP contribution is -2.41. The molecule has 66 valence electrons. The molecule has 3 unspecified atom stereocenters. The molecule has 1 fully saturated rings. The van der Waals surface area contributed by atoms with Crippen molar-refractivity contribution < 1.29 is 0 Å². The highest BCUT2D eigenvalue weighted by atomic mass is 14.7. The highest BCUT2D eigenvalue weighted by Gasteiger charge is 2.25. The van der Waals surface area contributed by atoms with Gasteiger partial charge in [-0.25, -0.2) is 0 Å². The summed E-state index contributed by atoms with van der Waals surface area (Å²) >= 11 is 0. The van der Waals surface area contributed by atoms with E-state index in [0.717, 1.165) is 5.92 Å². The highest BCUT2D eigenvalue weighted by Crippen LogP contribution is 2.30. The van der Waals surface area contributed by atoms with Crippen LogP contribution in [0.4, 0.5) is 0 Å². The average molecular weight is 156 g/mol. The molecule has 1 saturated carbocycles. The Balaban J connectivity index is 2.40. The third kappa shape index (κ3) is 2.17. The monoisotopic (exact) mass is 156 g/mol. The molecule has 2 heteroatoms. The zero-order valence-corrected chi connectivity index (χ0v) is 7.42.